The van der Waals surface area contributed by atoms with Gasteiger partial charge in [-0.1, -0.05) is 58.4 Å². The van der Waals surface area contributed by atoms with Gasteiger partial charge in [-0.05, 0) is 85.6 Å². The molecule has 0 aliphatic rings. The Morgan fingerprint density at radius 3 is 2.07 bits per heavy atom. The molecule has 45 heavy (non-hydrogen) atoms. The van der Waals surface area contributed by atoms with Crippen LogP contribution in [0.1, 0.15) is 25.0 Å². The largest absolute Gasteiger partial charge is 0.497 e. The molecular formula is C34H35BrFN3O5S. The first-order valence-corrected chi connectivity index (χ1v) is 16.5. The molecule has 0 saturated carbocycles. The summed E-state index contributed by atoms with van der Waals surface area (Å²) in [6, 6.07) is 26.1. The molecule has 0 unspecified atom stereocenters. The van der Waals surface area contributed by atoms with E-state index in [1.165, 1.54) is 48.4 Å². The van der Waals surface area contributed by atoms with Crippen LogP contribution in [0.4, 0.5) is 10.1 Å². The normalized spacial score (nSPS) is 12.0. The lowest BCUT2D eigenvalue weighted by atomic mass is 10.0. The van der Waals surface area contributed by atoms with Crippen LogP contribution in [0.15, 0.2) is 112 Å². The molecule has 0 aromatic heterocycles. The lowest BCUT2D eigenvalue weighted by molar-refractivity contribution is -0.140. The first-order chi connectivity index (χ1) is 21.5. The number of hydrogen-bond donors (Lipinski definition) is 1. The molecule has 1 N–H and O–H groups in total. The fourth-order valence-electron chi connectivity index (χ4n) is 4.73. The van der Waals surface area contributed by atoms with E-state index in [-0.39, 0.29) is 35.5 Å². The van der Waals surface area contributed by atoms with Crippen molar-refractivity contribution in [1.82, 2.24) is 10.2 Å². The summed E-state index contributed by atoms with van der Waals surface area (Å²) in [6.07, 6.45) is 0.198. The Morgan fingerprint density at radius 1 is 0.867 bits per heavy atom. The molecule has 4 rings (SSSR count). The molecule has 1 atom stereocenters. The van der Waals surface area contributed by atoms with Gasteiger partial charge < -0.3 is 15.0 Å². The molecule has 0 aliphatic heterocycles. The summed E-state index contributed by atoms with van der Waals surface area (Å²) in [5.41, 5.74) is 1.67. The maximum absolute atomic E-state index is 14.4. The molecular weight excluding hydrogens is 661 g/mol. The number of sulfonamides is 1. The van der Waals surface area contributed by atoms with Crippen molar-refractivity contribution in [3.05, 3.63) is 125 Å². The van der Waals surface area contributed by atoms with Gasteiger partial charge in [-0.15, -0.1) is 0 Å². The number of anilines is 1. The van der Waals surface area contributed by atoms with Crippen LogP contribution < -0.4 is 14.4 Å². The standard InChI is InChI=1S/C34H35BrFN3O5S/c1-24(2)37-34(41)32(21-25-7-5-4-6-8-25)38(22-26-9-11-27(35)12-10-26)33(40)23-39(29-15-13-28(36)14-16-29)45(42,43)31-19-17-30(44-3)18-20-31/h4-20,24,32H,21-23H2,1-3H3,(H,37,41)/t32-/m1/s1. The third-order valence-electron chi connectivity index (χ3n) is 7.01. The van der Waals surface area contributed by atoms with Gasteiger partial charge in [-0.2, -0.15) is 0 Å². The summed E-state index contributed by atoms with van der Waals surface area (Å²) in [7, 11) is -2.86. The van der Waals surface area contributed by atoms with Crippen LogP contribution >= 0.6 is 15.9 Å². The van der Waals surface area contributed by atoms with Crippen LogP contribution in [0.2, 0.25) is 0 Å². The number of carbonyl (C=O) groups excluding carboxylic acids is 2. The van der Waals surface area contributed by atoms with E-state index in [0.717, 1.165) is 32.0 Å². The molecule has 8 nitrogen and oxygen atoms in total. The zero-order valence-corrected chi connectivity index (χ0v) is 27.6. The highest BCUT2D eigenvalue weighted by Crippen LogP contribution is 2.27. The number of nitrogens with zero attached hydrogens (tertiary/aromatic N) is 2. The molecule has 2 amide bonds. The number of ether oxygens (including phenoxy) is 1. The summed E-state index contributed by atoms with van der Waals surface area (Å²) < 4.78 is 49.0. The number of amides is 2. The summed E-state index contributed by atoms with van der Waals surface area (Å²) in [6.45, 7) is 3.05. The van der Waals surface area contributed by atoms with E-state index >= 15 is 0 Å². The highest BCUT2D eigenvalue weighted by atomic mass is 79.9. The zero-order chi connectivity index (χ0) is 32.6. The summed E-state index contributed by atoms with van der Waals surface area (Å²) in [5, 5.41) is 2.93. The van der Waals surface area contributed by atoms with E-state index in [2.05, 4.69) is 21.2 Å². The van der Waals surface area contributed by atoms with Crippen LogP contribution in [0, 0.1) is 5.82 Å². The van der Waals surface area contributed by atoms with Crippen molar-refractivity contribution in [2.45, 2.75) is 43.8 Å². The monoisotopic (exact) mass is 695 g/mol. The molecule has 11 heteroatoms. The number of methoxy groups -OCH3 is 1. The molecule has 0 spiro atoms. The Morgan fingerprint density at radius 2 is 1.49 bits per heavy atom. The SMILES string of the molecule is COc1ccc(S(=O)(=O)N(CC(=O)N(Cc2ccc(Br)cc2)[C@H](Cc2ccccc2)C(=O)NC(C)C)c2ccc(F)cc2)cc1. The average Bonchev–Trinajstić information content (AvgIpc) is 3.03. The fourth-order valence-corrected chi connectivity index (χ4v) is 6.41. The van der Waals surface area contributed by atoms with Gasteiger partial charge in [0.1, 0.15) is 24.2 Å². The zero-order valence-electron chi connectivity index (χ0n) is 25.2. The molecule has 236 valence electrons. The Labute approximate surface area is 272 Å². The predicted molar refractivity (Wildman–Crippen MR) is 176 cm³/mol. The molecule has 4 aromatic carbocycles. The smallest absolute Gasteiger partial charge is 0.264 e. The van der Waals surface area contributed by atoms with E-state index in [1.54, 1.807) is 0 Å². The van der Waals surface area contributed by atoms with Crippen LogP contribution in [0.5, 0.6) is 5.75 Å². The lowest BCUT2D eigenvalue weighted by Gasteiger charge is -2.34. The second-order valence-electron chi connectivity index (χ2n) is 10.7. The number of halogens is 2. The lowest BCUT2D eigenvalue weighted by Crippen LogP contribution is -2.54. The van der Waals surface area contributed by atoms with E-state index in [1.807, 2.05) is 68.4 Å². The molecule has 0 saturated heterocycles. The highest BCUT2D eigenvalue weighted by Gasteiger charge is 2.35. The van der Waals surface area contributed by atoms with Gasteiger partial charge in [0.15, 0.2) is 0 Å². The first-order valence-electron chi connectivity index (χ1n) is 14.3. The Kier molecular flexibility index (Phi) is 11.4. The van der Waals surface area contributed by atoms with Crippen molar-refractivity contribution in [2.75, 3.05) is 18.0 Å². The number of carbonyl (C=O) groups is 2. The molecule has 0 fully saturated rings. The van der Waals surface area contributed by atoms with Gasteiger partial charge in [0.05, 0.1) is 17.7 Å². The van der Waals surface area contributed by atoms with Gasteiger partial charge in [-0.3, -0.25) is 13.9 Å². The van der Waals surface area contributed by atoms with E-state index in [4.69, 9.17) is 4.74 Å². The first kappa shape index (κ1) is 33.7. The van der Waals surface area contributed by atoms with Gasteiger partial charge in [-0.25, -0.2) is 12.8 Å². The second-order valence-corrected chi connectivity index (χ2v) is 13.5. The molecule has 0 aliphatic carbocycles. The minimum Gasteiger partial charge on any atom is -0.497 e. The fraction of sp³-hybridized carbons (Fsp3) is 0.235. The number of rotatable bonds is 13. The number of benzene rings is 4. The number of nitrogens with one attached hydrogen (secondary N) is 1. The molecule has 0 bridgehead atoms. The van der Waals surface area contributed by atoms with Crippen molar-refractivity contribution < 1.29 is 27.1 Å². The third-order valence-corrected chi connectivity index (χ3v) is 9.33. The van der Waals surface area contributed by atoms with Gasteiger partial charge in [0.2, 0.25) is 11.8 Å². The summed E-state index contributed by atoms with van der Waals surface area (Å²) in [5.74, 6) is -1.08. The maximum atomic E-state index is 14.4. The highest BCUT2D eigenvalue weighted by molar-refractivity contribution is 9.10. The third kappa shape index (κ3) is 8.92. The van der Waals surface area contributed by atoms with Gasteiger partial charge in [0.25, 0.3) is 10.0 Å². The van der Waals surface area contributed by atoms with Crippen molar-refractivity contribution in [1.29, 1.82) is 0 Å². The molecule has 4 aromatic rings. The van der Waals surface area contributed by atoms with E-state index in [9.17, 15) is 22.4 Å². The topological polar surface area (TPSA) is 96.0 Å². The minimum atomic E-state index is -4.32. The Bertz CT molecular complexity index is 1690. The van der Waals surface area contributed by atoms with Crippen molar-refractivity contribution in [2.24, 2.45) is 0 Å². The summed E-state index contributed by atoms with van der Waals surface area (Å²) >= 11 is 3.43. The van der Waals surface area contributed by atoms with Crippen LogP contribution in [-0.2, 0) is 32.6 Å². The Balaban J connectivity index is 1.79. The maximum Gasteiger partial charge on any atom is 0.264 e. The van der Waals surface area contributed by atoms with Crippen molar-refractivity contribution in [3.63, 3.8) is 0 Å². The van der Waals surface area contributed by atoms with Crippen molar-refractivity contribution in [3.8, 4) is 5.75 Å². The van der Waals surface area contributed by atoms with Crippen LogP contribution in [0.25, 0.3) is 0 Å². The Hall–Kier alpha value is -4.22. The van der Waals surface area contributed by atoms with Crippen molar-refractivity contribution >= 4 is 43.5 Å². The molecule has 0 radical (unpaired) electrons. The predicted octanol–water partition coefficient (Wildman–Crippen LogP) is 5.96. The number of hydrogen-bond acceptors (Lipinski definition) is 5. The van der Waals surface area contributed by atoms with E-state index in [0.29, 0.717) is 5.75 Å². The summed E-state index contributed by atoms with van der Waals surface area (Å²) in [4.78, 5) is 29.5. The average molecular weight is 697 g/mol. The van der Waals surface area contributed by atoms with Crippen LogP contribution in [0.3, 0.4) is 0 Å². The van der Waals surface area contributed by atoms with Gasteiger partial charge >= 0.3 is 0 Å². The van der Waals surface area contributed by atoms with Gasteiger partial charge in [0, 0.05) is 23.5 Å². The second kappa shape index (κ2) is 15.2. The molecule has 0 heterocycles. The minimum absolute atomic E-state index is 0.0367. The van der Waals surface area contributed by atoms with E-state index < -0.39 is 34.3 Å². The van der Waals surface area contributed by atoms with Crippen LogP contribution in [-0.4, -0.2) is 50.9 Å². The quantitative estimate of drug-likeness (QED) is 0.186.